The van der Waals surface area contributed by atoms with Crippen LogP contribution in [0.2, 0.25) is 0 Å². The summed E-state index contributed by atoms with van der Waals surface area (Å²) < 4.78 is 5.65. The highest BCUT2D eigenvalue weighted by Crippen LogP contribution is 2.39. The summed E-state index contributed by atoms with van der Waals surface area (Å²) in [5.74, 6) is 1.75. The lowest BCUT2D eigenvalue weighted by atomic mass is 10.0. The minimum Gasteiger partial charge on any atom is -0.495 e. The van der Waals surface area contributed by atoms with Crippen LogP contribution >= 0.6 is 0 Å². The van der Waals surface area contributed by atoms with E-state index in [4.69, 9.17) is 9.72 Å². The number of amides is 2. The number of ether oxygens (including phenoxy) is 1. The molecule has 2 N–H and O–H groups in total. The largest absolute Gasteiger partial charge is 0.495 e. The number of aromatic nitrogens is 2. The van der Waals surface area contributed by atoms with Crippen LogP contribution < -0.4 is 25.2 Å². The van der Waals surface area contributed by atoms with Crippen molar-refractivity contribution >= 4 is 35.0 Å². The summed E-state index contributed by atoms with van der Waals surface area (Å²) in [4.78, 5) is 41.8. The number of rotatable bonds is 7. The van der Waals surface area contributed by atoms with Crippen molar-refractivity contribution in [2.24, 2.45) is 0 Å². The Balaban J connectivity index is 1.39. The number of fused-ring (bicyclic) bond motifs is 1. The first-order valence-electron chi connectivity index (χ1n) is 14.2. The van der Waals surface area contributed by atoms with E-state index in [0.29, 0.717) is 35.4 Å². The molecule has 1 aromatic carbocycles. The summed E-state index contributed by atoms with van der Waals surface area (Å²) in [5, 5.41) is 6.46. The van der Waals surface area contributed by atoms with Crippen LogP contribution in [-0.4, -0.2) is 79.1 Å². The zero-order valence-electron chi connectivity index (χ0n) is 23.6. The lowest BCUT2D eigenvalue weighted by Gasteiger charge is -2.36. The van der Waals surface area contributed by atoms with E-state index in [2.05, 4.69) is 39.4 Å². The molecule has 0 bridgehead atoms. The van der Waals surface area contributed by atoms with Crippen molar-refractivity contribution in [3.63, 3.8) is 0 Å². The van der Waals surface area contributed by atoms with Crippen LogP contribution in [0.1, 0.15) is 68.6 Å². The normalized spacial score (nSPS) is 21.0. The summed E-state index contributed by atoms with van der Waals surface area (Å²) >= 11 is 0. The Morgan fingerprint density at radius 3 is 2.56 bits per heavy atom. The van der Waals surface area contributed by atoms with Gasteiger partial charge >= 0.3 is 0 Å². The highest BCUT2D eigenvalue weighted by Gasteiger charge is 2.37. The molecule has 1 unspecified atom stereocenters. The number of anilines is 4. The van der Waals surface area contributed by atoms with Crippen LogP contribution in [0.3, 0.4) is 0 Å². The maximum Gasteiger partial charge on any atom is 0.251 e. The molecule has 5 rings (SSSR count). The number of carbonyl (C=O) groups excluding carboxylic acids is 2. The zero-order chi connectivity index (χ0) is 27.5. The number of carbonyl (C=O) groups is 2. The summed E-state index contributed by atoms with van der Waals surface area (Å²) in [5.41, 5.74) is 1.96. The number of benzene rings is 1. The molecule has 1 aliphatic carbocycles. The topological polar surface area (TPSA) is 103 Å². The smallest absolute Gasteiger partial charge is 0.251 e. The Hall–Kier alpha value is -3.40. The number of methoxy groups -OCH3 is 1. The van der Waals surface area contributed by atoms with Gasteiger partial charge in [0.15, 0.2) is 5.82 Å². The van der Waals surface area contributed by atoms with E-state index in [9.17, 15) is 9.59 Å². The summed E-state index contributed by atoms with van der Waals surface area (Å²) in [6.07, 6.45) is 9.58. The molecule has 3 aliphatic rings. The highest BCUT2D eigenvalue weighted by atomic mass is 16.5. The zero-order valence-corrected chi connectivity index (χ0v) is 23.6. The van der Waals surface area contributed by atoms with Gasteiger partial charge in [0, 0.05) is 37.2 Å². The number of nitrogens with one attached hydrogen (secondary N) is 2. The molecule has 0 radical (unpaired) electrons. The third-order valence-corrected chi connectivity index (χ3v) is 8.49. The van der Waals surface area contributed by atoms with Gasteiger partial charge in [-0.25, -0.2) is 4.98 Å². The molecule has 39 heavy (non-hydrogen) atoms. The Bertz CT molecular complexity index is 1190. The molecule has 1 saturated carbocycles. The van der Waals surface area contributed by atoms with Crippen LogP contribution in [0.5, 0.6) is 5.75 Å². The molecule has 10 nitrogen and oxygen atoms in total. The summed E-state index contributed by atoms with van der Waals surface area (Å²) in [7, 11) is 5.50. The van der Waals surface area contributed by atoms with E-state index < -0.39 is 0 Å². The number of piperidine rings is 1. The SMILES string of the molecule is CCC1CC(=O)N(C)c2cnc(Nc3ccc(C(=O)NC4CCN(C)CC4)cc3OC)nc2N1C1CCCC1. The van der Waals surface area contributed by atoms with Gasteiger partial charge in [-0.05, 0) is 70.4 Å². The van der Waals surface area contributed by atoms with Gasteiger partial charge < -0.3 is 30.1 Å². The van der Waals surface area contributed by atoms with Crippen LogP contribution in [-0.2, 0) is 4.79 Å². The van der Waals surface area contributed by atoms with Gasteiger partial charge in [0.25, 0.3) is 5.91 Å². The standard InChI is InChI=1S/C29H41N7O3/c1-5-21-17-26(37)35(3)24-18-30-29(33-27(24)36(21)22-8-6-7-9-22)32-23-11-10-19(16-25(23)39-4)28(38)31-20-12-14-34(2)15-13-20/h10-11,16,18,20-22H,5-9,12-15,17H2,1-4H3,(H,31,38)(H,30,32,33). The molecular formula is C29H41N7O3. The van der Waals surface area contributed by atoms with Crippen molar-refractivity contribution in [3.8, 4) is 5.75 Å². The summed E-state index contributed by atoms with van der Waals surface area (Å²) in [6.45, 7) is 4.11. The molecule has 1 atom stereocenters. The van der Waals surface area contributed by atoms with E-state index >= 15 is 0 Å². The molecule has 210 valence electrons. The average Bonchev–Trinajstić information content (AvgIpc) is 3.45. The number of likely N-dealkylation sites (tertiary alicyclic amines) is 1. The molecule has 2 aliphatic heterocycles. The predicted molar refractivity (Wildman–Crippen MR) is 153 cm³/mol. The lowest BCUT2D eigenvalue weighted by molar-refractivity contribution is -0.118. The first-order valence-corrected chi connectivity index (χ1v) is 14.2. The van der Waals surface area contributed by atoms with E-state index in [1.54, 1.807) is 37.4 Å². The van der Waals surface area contributed by atoms with Gasteiger partial charge in [0.2, 0.25) is 11.9 Å². The fraction of sp³-hybridized carbons (Fsp3) is 0.586. The van der Waals surface area contributed by atoms with Gasteiger partial charge in [-0.1, -0.05) is 19.8 Å². The van der Waals surface area contributed by atoms with Crippen LogP contribution in [0.4, 0.5) is 23.1 Å². The van der Waals surface area contributed by atoms with Crippen LogP contribution in [0, 0.1) is 0 Å². The molecule has 1 saturated heterocycles. The van der Waals surface area contributed by atoms with Gasteiger partial charge in [-0.3, -0.25) is 9.59 Å². The molecule has 2 fully saturated rings. The van der Waals surface area contributed by atoms with Crippen molar-refractivity contribution < 1.29 is 14.3 Å². The molecule has 2 amide bonds. The monoisotopic (exact) mass is 535 g/mol. The fourth-order valence-corrected chi connectivity index (χ4v) is 6.07. The Morgan fingerprint density at radius 1 is 1.13 bits per heavy atom. The van der Waals surface area contributed by atoms with E-state index in [0.717, 1.165) is 56.7 Å². The fourth-order valence-electron chi connectivity index (χ4n) is 6.07. The van der Waals surface area contributed by atoms with E-state index in [-0.39, 0.29) is 23.9 Å². The maximum atomic E-state index is 13.0. The van der Waals surface area contributed by atoms with Gasteiger partial charge in [-0.2, -0.15) is 4.98 Å². The van der Waals surface area contributed by atoms with Gasteiger partial charge in [-0.15, -0.1) is 0 Å². The minimum absolute atomic E-state index is 0.0867. The quantitative estimate of drug-likeness (QED) is 0.550. The first-order chi connectivity index (χ1) is 18.9. The van der Waals surface area contributed by atoms with E-state index in [1.807, 2.05) is 6.07 Å². The molecule has 10 heteroatoms. The van der Waals surface area contributed by atoms with Crippen molar-refractivity contribution in [2.75, 3.05) is 49.4 Å². The Kier molecular flexibility index (Phi) is 8.20. The first kappa shape index (κ1) is 27.2. The van der Waals surface area contributed by atoms with Gasteiger partial charge in [0.05, 0.1) is 19.0 Å². The van der Waals surface area contributed by atoms with Crippen molar-refractivity contribution in [1.29, 1.82) is 0 Å². The second-order valence-corrected chi connectivity index (χ2v) is 11.1. The van der Waals surface area contributed by atoms with Crippen LogP contribution in [0.15, 0.2) is 24.4 Å². The number of hydrogen-bond donors (Lipinski definition) is 2. The van der Waals surface area contributed by atoms with Gasteiger partial charge in [0.1, 0.15) is 11.4 Å². The molecule has 0 spiro atoms. The van der Waals surface area contributed by atoms with E-state index in [1.165, 1.54) is 12.8 Å². The molecule has 3 heterocycles. The number of nitrogens with zero attached hydrogens (tertiary/aromatic N) is 5. The Morgan fingerprint density at radius 2 is 1.87 bits per heavy atom. The average molecular weight is 536 g/mol. The molecular weight excluding hydrogens is 494 g/mol. The highest BCUT2D eigenvalue weighted by molar-refractivity contribution is 5.98. The molecule has 2 aromatic rings. The number of hydrogen-bond acceptors (Lipinski definition) is 8. The minimum atomic E-state index is -0.0961. The third-order valence-electron chi connectivity index (χ3n) is 8.49. The summed E-state index contributed by atoms with van der Waals surface area (Å²) in [6, 6.07) is 6.03. The lowest BCUT2D eigenvalue weighted by Crippen LogP contribution is -2.43. The molecule has 1 aromatic heterocycles. The van der Waals surface area contributed by atoms with Crippen LogP contribution in [0.25, 0.3) is 0 Å². The van der Waals surface area contributed by atoms with Crippen molar-refractivity contribution in [3.05, 3.63) is 30.0 Å². The second kappa shape index (κ2) is 11.8. The van der Waals surface area contributed by atoms with Crippen molar-refractivity contribution in [2.45, 2.75) is 76.4 Å². The van der Waals surface area contributed by atoms with Crippen molar-refractivity contribution in [1.82, 2.24) is 20.2 Å². The Labute approximate surface area is 231 Å². The predicted octanol–water partition coefficient (Wildman–Crippen LogP) is 3.95. The third kappa shape index (κ3) is 5.80. The maximum absolute atomic E-state index is 13.0. The second-order valence-electron chi connectivity index (χ2n) is 11.1.